The lowest BCUT2D eigenvalue weighted by Crippen LogP contribution is -2.19. The molecule has 5 nitrogen and oxygen atoms in total. The van der Waals surface area contributed by atoms with Crippen LogP contribution in [-0.4, -0.2) is 34.0 Å². The molecule has 0 saturated carbocycles. The molecular formula is C16H15ClF3N3O2S. The van der Waals surface area contributed by atoms with Crippen molar-refractivity contribution in [1.29, 1.82) is 0 Å². The summed E-state index contributed by atoms with van der Waals surface area (Å²) in [7, 11) is 0. The molecule has 0 unspecified atom stereocenters. The van der Waals surface area contributed by atoms with E-state index in [1.54, 1.807) is 6.07 Å². The number of halogens is 4. The summed E-state index contributed by atoms with van der Waals surface area (Å²) in [6.45, 7) is 2.24. The largest absolute Gasteiger partial charge is 0.507 e. The van der Waals surface area contributed by atoms with Gasteiger partial charge in [0.2, 0.25) is 0 Å². The Bertz CT molecular complexity index is 820. The van der Waals surface area contributed by atoms with Crippen LogP contribution >= 0.6 is 22.9 Å². The van der Waals surface area contributed by atoms with Gasteiger partial charge in [0.1, 0.15) is 10.6 Å². The lowest BCUT2D eigenvalue weighted by Gasteiger charge is -2.17. The molecule has 0 radical (unpaired) electrons. The average molecular weight is 406 g/mol. The zero-order valence-electron chi connectivity index (χ0n) is 13.4. The Kier molecular flexibility index (Phi) is 5.40. The monoisotopic (exact) mass is 405 g/mol. The summed E-state index contributed by atoms with van der Waals surface area (Å²) in [6, 6.07) is 2.86. The third-order valence-corrected chi connectivity index (χ3v) is 5.17. The van der Waals surface area contributed by atoms with Crippen molar-refractivity contribution in [3.63, 3.8) is 0 Å². The number of aromatic nitrogens is 1. The summed E-state index contributed by atoms with van der Waals surface area (Å²) < 4.78 is 37.9. The first-order chi connectivity index (χ1) is 12.2. The first kappa shape index (κ1) is 18.9. The van der Waals surface area contributed by atoms with Crippen molar-refractivity contribution < 1.29 is 23.1 Å². The number of phenolic OH excluding ortho intramolecular Hbond substituents is 1. The fraction of sp³-hybridized carbons (Fsp3) is 0.375. The van der Waals surface area contributed by atoms with E-state index in [-0.39, 0.29) is 21.5 Å². The van der Waals surface area contributed by atoms with Crippen LogP contribution in [0.25, 0.3) is 0 Å². The molecule has 2 aromatic rings. The Morgan fingerprint density at radius 2 is 2.04 bits per heavy atom. The van der Waals surface area contributed by atoms with Crippen LogP contribution in [0.15, 0.2) is 18.3 Å². The minimum absolute atomic E-state index is 0.101. The summed E-state index contributed by atoms with van der Waals surface area (Å²) in [5.74, 6) is -0.998. The van der Waals surface area contributed by atoms with Crippen LogP contribution in [0.3, 0.4) is 0 Å². The summed E-state index contributed by atoms with van der Waals surface area (Å²) in [4.78, 5) is 17.1. The Hall–Kier alpha value is -1.84. The second-order valence-corrected chi connectivity index (χ2v) is 7.39. The average Bonchev–Trinajstić information content (AvgIpc) is 3.21. The molecule has 1 amide bonds. The number of benzene rings is 1. The number of amides is 1. The predicted molar refractivity (Wildman–Crippen MR) is 92.7 cm³/mol. The smallest absolute Gasteiger partial charge is 0.427 e. The van der Waals surface area contributed by atoms with Gasteiger partial charge in [0, 0.05) is 17.1 Å². The van der Waals surface area contributed by atoms with Crippen molar-refractivity contribution in [2.24, 2.45) is 0 Å². The van der Waals surface area contributed by atoms with E-state index >= 15 is 0 Å². The van der Waals surface area contributed by atoms with Crippen molar-refractivity contribution in [2.45, 2.75) is 25.6 Å². The standard InChI is InChI=1S/C16H15ClF3N3O2S/c17-10-5-9(8-23-3-1-2-4-23)13(24)11(6-10)14(25)22-15-21-7-12(26-15)16(18,19)20/h5-7,24H,1-4,8H2,(H,21,22,25). The van der Waals surface area contributed by atoms with Crippen molar-refractivity contribution in [1.82, 2.24) is 9.88 Å². The highest BCUT2D eigenvalue weighted by atomic mass is 35.5. The van der Waals surface area contributed by atoms with Crippen LogP contribution in [0.5, 0.6) is 5.75 Å². The zero-order valence-corrected chi connectivity index (χ0v) is 15.0. The number of carbonyl (C=O) groups is 1. The summed E-state index contributed by atoms with van der Waals surface area (Å²) in [6.07, 6.45) is -1.74. The van der Waals surface area contributed by atoms with Crippen LogP contribution in [0, 0.1) is 0 Å². The van der Waals surface area contributed by atoms with Gasteiger partial charge in [-0.1, -0.05) is 22.9 Å². The molecule has 1 saturated heterocycles. The van der Waals surface area contributed by atoms with E-state index in [9.17, 15) is 23.1 Å². The first-order valence-corrected chi connectivity index (χ1v) is 9.01. The fourth-order valence-corrected chi connectivity index (χ4v) is 3.68. The Morgan fingerprint density at radius 3 is 2.65 bits per heavy atom. The normalized spacial score (nSPS) is 15.4. The van der Waals surface area contributed by atoms with E-state index < -0.39 is 17.0 Å². The number of aromatic hydroxyl groups is 1. The van der Waals surface area contributed by atoms with E-state index in [1.165, 1.54) is 6.07 Å². The molecule has 0 aliphatic carbocycles. The minimum atomic E-state index is -4.53. The van der Waals surface area contributed by atoms with Crippen molar-refractivity contribution in [2.75, 3.05) is 18.4 Å². The molecule has 1 aromatic carbocycles. The number of hydrogen-bond acceptors (Lipinski definition) is 5. The zero-order chi connectivity index (χ0) is 18.9. The maximum Gasteiger partial charge on any atom is 0.427 e. The number of alkyl halides is 3. The lowest BCUT2D eigenvalue weighted by atomic mass is 10.1. The topological polar surface area (TPSA) is 65.5 Å². The second-order valence-electron chi connectivity index (χ2n) is 5.93. The Balaban J connectivity index is 1.80. The van der Waals surface area contributed by atoms with Crippen molar-refractivity contribution in [3.8, 4) is 5.75 Å². The molecule has 1 aromatic heterocycles. The number of nitrogens with zero attached hydrogens (tertiary/aromatic N) is 2. The molecule has 2 heterocycles. The molecule has 3 rings (SSSR count). The number of phenols is 1. The third kappa shape index (κ3) is 4.28. The third-order valence-electron chi connectivity index (χ3n) is 4.00. The van der Waals surface area contributed by atoms with Gasteiger partial charge < -0.3 is 5.11 Å². The highest BCUT2D eigenvalue weighted by Crippen LogP contribution is 2.36. The molecule has 0 bridgehead atoms. The van der Waals surface area contributed by atoms with Gasteiger partial charge in [-0.3, -0.25) is 15.0 Å². The van der Waals surface area contributed by atoms with Crippen molar-refractivity contribution >= 4 is 34.0 Å². The summed E-state index contributed by atoms with van der Waals surface area (Å²) >= 11 is 6.36. The number of hydrogen-bond donors (Lipinski definition) is 2. The molecule has 2 N–H and O–H groups in total. The van der Waals surface area contributed by atoms with Gasteiger partial charge in [0.15, 0.2) is 5.13 Å². The molecule has 140 valence electrons. The van der Waals surface area contributed by atoms with Gasteiger partial charge in [0.05, 0.1) is 11.8 Å². The second kappa shape index (κ2) is 7.42. The first-order valence-electron chi connectivity index (χ1n) is 7.82. The van der Waals surface area contributed by atoms with Crippen molar-refractivity contribution in [3.05, 3.63) is 39.4 Å². The van der Waals surface area contributed by atoms with Gasteiger partial charge >= 0.3 is 6.18 Å². The van der Waals surface area contributed by atoms with Crippen LogP contribution < -0.4 is 5.32 Å². The number of anilines is 1. The number of rotatable bonds is 4. The van der Waals surface area contributed by atoms with Crippen LogP contribution in [-0.2, 0) is 12.7 Å². The van der Waals surface area contributed by atoms with E-state index in [1.807, 2.05) is 0 Å². The molecule has 10 heteroatoms. The number of nitrogens with one attached hydrogen (secondary N) is 1. The summed E-state index contributed by atoms with van der Waals surface area (Å²) in [5.41, 5.74) is 0.398. The highest BCUT2D eigenvalue weighted by Gasteiger charge is 2.33. The molecule has 26 heavy (non-hydrogen) atoms. The highest BCUT2D eigenvalue weighted by molar-refractivity contribution is 7.15. The molecule has 1 aliphatic heterocycles. The molecular weight excluding hydrogens is 391 g/mol. The van der Waals surface area contributed by atoms with Crippen LogP contribution in [0.1, 0.15) is 33.6 Å². The predicted octanol–water partition coefficient (Wildman–Crippen LogP) is 4.37. The maximum absolute atomic E-state index is 12.6. The number of thiazole rings is 1. The molecule has 1 fully saturated rings. The molecule has 0 atom stereocenters. The molecule has 1 aliphatic rings. The SMILES string of the molecule is O=C(Nc1ncc(C(F)(F)F)s1)c1cc(Cl)cc(CN2CCCC2)c1O. The van der Waals surface area contributed by atoms with Gasteiger partial charge in [-0.05, 0) is 38.1 Å². The van der Waals surface area contributed by atoms with Gasteiger partial charge in [-0.15, -0.1) is 0 Å². The number of carbonyl (C=O) groups excluding carboxylic acids is 1. The quantitative estimate of drug-likeness (QED) is 0.792. The van der Waals surface area contributed by atoms with E-state index in [2.05, 4.69) is 15.2 Å². The van der Waals surface area contributed by atoms with Gasteiger partial charge in [-0.25, -0.2) is 4.98 Å². The molecule has 0 spiro atoms. The minimum Gasteiger partial charge on any atom is -0.507 e. The van der Waals surface area contributed by atoms with Crippen LogP contribution in [0.4, 0.5) is 18.3 Å². The van der Waals surface area contributed by atoms with Gasteiger partial charge in [0.25, 0.3) is 5.91 Å². The van der Waals surface area contributed by atoms with E-state index in [0.29, 0.717) is 29.6 Å². The number of likely N-dealkylation sites (tertiary alicyclic amines) is 1. The Labute approximate surface area is 156 Å². The van der Waals surface area contributed by atoms with E-state index in [4.69, 9.17) is 11.6 Å². The van der Waals surface area contributed by atoms with E-state index in [0.717, 1.165) is 25.9 Å². The maximum atomic E-state index is 12.6. The van der Waals surface area contributed by atoms with Gasteiger partial charge in [-0.2, -0.15) is 13.2 Å². The summed E-state index contributed by atoms with van der Waals surface area (Å²) in [5, 5.41) is 12.7. The lowest BCUT2D eigenvalue weighted by molar-refractivity contribution is -0.134. The Morgan fingerprint density at radius 1 is 1.35 bits per heavy atom. The van der Waals surface area contributed by atoms with Crippen LogP contribution in [0.2, 0.25) is 5.02 Å². The fourth-order valence-electron chi connectivity index (χ4n) is 2.76.